The molecule has 27 heavy (non-hydrogen) atoms. The molecule has 0 fully saturated rings. The molecule has 0 radical (unpaired) electrons. The van der Waals surface area contributed by atoms with E-state index in [0.29, 0.717) is 0 Å². The second-order valence-corrected chi connectivity index (χ2v) is 7.38. The van der Waals surface area contributed by atoms with Gasteiger partial charge in [-0.05, 0) is 60.4 Å². The second kappa shape index (κ2) is 10.1. The van der Waals surface area contributed by atoms with Gasteiger partial charge in [0.05, 0.1) is 5.69 Å². The molecule has 2 aromatic carbocycles. The molecule has 140 valence electrons. The Labute approximate surface area is 164 Å². The number of hydrogen-bond acceptors (Lipinski definition) is 1. The second-order valence-electron chi connectivity index (χ2n) is 7.38. The summed E-state index contributed by atoms with van der Waals surface area (Å²) < 4.78 is 0. The Bertz CT molecular complexity index is 798. The van der Waals surface area contributed by atoms with Crippen LogP contribution in [0.2, 0.25) is 0 Å². The highest BCUT2D eigenvalue weighted by Crippen LogP contribution is 2.19. The summed E-state index contributed by atoms with van der Waals surface area (Å²) >= 11 is 0. The molecule has 0 saturated carbocycles. The smallest absolute Gasteiger partial charge is 0.0702 e. The first-order chi connectivity index (χ1) is 13.3. The summed E-state index contributed by atoms with van der Waals surface area (Å²) in [5.41, 5.74) is 7.80. The molecule has 0 amide bonds. The lowest BCUT2D eigenvalue weighted by molar-refractivity contribution is 0.717. The molecule has 0 saturated heterocycles. The maximum absolute atomic E-state index is 4.69. The molecular weight excluding hydrogens is 326 g/mol. The number of hydrogen-bond donors (Lipinski definition) is 0. The minimum atomic E-state index is 1.04. The number of nitrogens with zero attached hydrogens (tertiary/aromatic N) is 1. The predicted octanol–water partition coefficient (Wildman–Crippen LogP) is 6.83. The number of pyridine rings is 1. The number of aromatic nitrogens is 1. The van der Waals surface area contributed by atoms with Crippen LogP contribution in [0, 0.1) is 0 Å². The largest absolute Gasteiger partial charge is 0.256 e. The summed E-state index contributed by atoms with van der Waals surface area (Å²) in [5, 5.41) is 0. The number of benzene rings is 2. The Morgan fingerprint density at radius 1 is 0.593 bits per heavy atom. The van der Waals surface area contributed by atoms with E-state index in [0.717, 1.165) is 25.0 Å². The van der Waals surface area contributed by atoms with Crippen LogP contribution in [0.3, 0.4) is 0 Å². The molecule has 1 heteroatoms. The molecule has 0 unspecified atom stereocenters. The van der Waals surface area contributed by atoms with E-state index in [1.807, 2.05) is 6.20 Å². The van der Waals surface area contributed by atoms with Gasteiger partial charge in [-0.25, -0.2) is 0 Å². The van der Waals surface area contributed by atoms with E-state index in [4.69, 9.17) is 4.98 Å². The molecule has 0 bridgehead atoms. The quantitative estimate of drug-likeness (QED) is 0.382. The highest BCUT2D eigenvalue weighted by molar-refractivity contribution is 5.59. The van der Waals surface area contributed by atoms with Gasteiger partial charge >= 0.3 is 0 Å². The van der Waals surface area contributed by atoms with Crippen molar-refractivity contribution in [3.05, 3.63) is 89.1 Å². The molecule has 3 aromatic rings. The first-order valence-corrected chi connectivity index (χ1v) is 10.4. The fourth-order valence-corrected chi connectivity index (χ4v) is 3.39. The van der Waals surface area contributed by atoms with Crippen LogP contribution >= 0.6 is 0 Å². The predicted molar refractivity (Wildman–Crippen MR) is 116 cm³/mol. The van der Waals surface area contributed by atoms with Gasteiger partial charge in [-0.3, -0.25) is 4.98 Å². The van der Waals surface area contributed by atoms with Crippen molar-refractivity contribution in [2.24, 2.45) is 0 Å². The molecule has 1 aromatic heterocycles. The van der Waals surface area contributed by atoms with Crippen molar-refractivity contribution in [2.45, 2.75) is 58.8 Å². The first kappa shape index (κ1) is 19.4. The van der Waals surface area contributed by atoms with Crippen LogP contribution < -0.4 is 0 Å². The van der Waals surface area contributed by atoms with Crippen molar-refractivity contribution < 1.29 is 0 Å². The van der Waals surface area contributed by atoms with Crippen LogP contribution in [-0.4, -0.2) is 4.98 Å². The van der Waals surface area contributed by atoms with E-state index in [1.165, 1.54) is 53.5 Å². The molecule has 1 heterocycles. The third-order valence-electron chi connectivity index (χ3n) is 5.28. The molecule has 1 nitrogen and oxygen atoms in total. The van der Waals surface area contributed by atoms with Gasteiger partial charge in [-0.2, -0.15) is 0 Å². The van der Waals surface area contributed by atoms with Crippen LogP contribution in [-0.2, 0) is 25.7 Å². The summed E-state index contributed by atoms with van der Waals surface area (Å²) in [6.45, 7) is 4.45. The number of unbranched alkanes of at least 4 members (excludes halogenated alkanes) is 2. The normalized spacial score (nSPS) is 10.9. The summed E-state index contributed by atoms with van der Waals surface area (Å²) in [5.74, 6) is 0. The summed E-state index contributed by atoms with van der Waals surface area (Å²) in [6, 6.07) is 22.3. The zero-order valence-corrected chi connectivity index (χ0v) is 16.7. The lowest BCUT2D eigenvalue weighted by atomic mass is 10.0. The van der Waals surface area contributed by atoms with Gasteiger partial charge < -0.3 is 0 Å². The van der Waals surface area contributed by atoms with E-state index in [9.17, 15) is 0 Å². The van der Waals surface area contributed by atoms with Crippen LogP contribution in [0.1, 0.15) is 55.4 Å². The fourth-order valence-electron chi connectivity index (χ4n) is 3.39. The van der Waals surface area contributed by atoms with Crippen molar-refractivity contribution in [3.63, 3.8) is 0 Å². The van der Waals surface area contributed by atoms with Gasteiger partial charge in [-0.15, -0.1) is 0 Å². The van der Waals surface area contributed by atoms with E-state index in [1.54, 1.807) is 0 Å². The molecule has 0 N–H and O–H groups in total. The summed E-state index contributed by atoms with van der Waals surface area (Å²) in [6.07, 6.45) is 10.3. The Morgan fingerprint density at radius 2 is 1.19 bits per heavy atom. The first-order valence-electron chi connectivity index (χ1n) is 10.4. The van der Waals surface area contributed by atoms with Gasteiger partial charge in [0.2, 0.25) is 0 Å². The van der Waals surface area contributed by atoms with Gasteiger partial charge in [0.1, 0.15) is 0 Å². The van der Waals surface area contributed by atoms with Crippen LogP contribution in [0.25, 0.3) is 11.3 Å². The summed E-state index contributed by atoms with van der Waals surface area (Å²) in [4.78, 5) is 4.69. The van der Waals surface area contributed by atoms with E-state index in [-0.39, 0.29) is 0 Å². The Balaban J connectivity index is 1.56. The number of rotatable bonds is 9. The van der Waals surface area contributed by atoms with Crippen molar-refractivity contribution in [1.82, 2.24) is 4.98 Å². The zero-order valence-electron chi connectivity index (χ0n) is 16.7. The van der Waals surface area contributed by atoms with E-state index >= 15 is 0 Å². The monoisotopic (exact) mass is 357 g/mol. The Hall–Kier alpha value is -2.41. The molecule has 0 aliphatic carbocycles. The van der Waals surface area contributed by atoms with E-state index in [2.05, 4.69) is 74.5 Å². The fraction of sp³-hybridized carbons (Fsp3) is 0.346. The lowest BCUT2D eigenvalue weighted by Gasteiger charge is -2.06. The third kappa shape index (κ3) is 5.79. The van der Waals surface area contributed by atoms with Gasteiger partial charge in [0.25, 0.3) is 0 Å². The van der Waals surface area contributed by atoms with Crippen molar-refractivity contribution in [1.29, 1.82) is 0 Å². The molecular formula is C26H31N. The topological polar surface area (TPSA) is 12.9 Å². The van der Waals surface area contributed by atoms with Crippen molar-refractivity contribution in [2.75, 3.05) is 0 Å². The number of aryl methyl sites for hydroxylation is 4. The average molecular weight is 358 g/mol. The van der Waals surface area contributed by atoms with E-state index < -0.39 is 0 Å². The standard InChI is InChI=1S/C26H31N/c1-3-5-6-7-22-14-17-25(18-15-22)26-19-16-24(20-27-26)13-12-23-10-8-21(4-2)9-11-23/h8-11,14-20H,3-7,12-13H2,1-2H3. The van der Waals surface area contributed by atoms with Gasteiger partial charge in [0.15, 0.2) is 0 Å². The minimum Gasteiger partial charge on any atom is -0.256 e. The SMILES string of the molecule is CCCCCc1ccc(-c2ccc(CCc3ccc(CC)cc3)cn2)cc1. The minimum absolute atomic E-state index is 1.04. The van der Waals surface area contributed by atoms with Gasteiger partial charge in [-0.1, -0.05) is 81.3 Å². The van der Waals surface area contributed by atoms with Crippen LogP contribution in [0.5, 0.6) is 0 Å². The summed E-state index contributed by atoms with van der Waals surface area (Å²) in [7, 11) is 0. The molecule has 0 aliphatic heterocycles. The maximum Gasteiger partial charge on any atom is 0.0702 e. The molecule has 0 aliphatic rings. The maximum atomic E-state index is 4.69. The third-order valence-corrected chi connectivity index (χ3v) is 5.28. The lowest BCUT2D eigenvalue weighted by Crippen LogP contribution is -1.94. The Kier molecular flexibility index (Phi) is 7.21. The van der Waals surface area contributed by atoms with Gasteiger partial charge in [0, 0.05) is 11.8 Å². The highest BCUT2D eigenvalue weighted by Gasteiger charge is 2.02. The van der Waals surface area contributed by atoms with Crippen molar-refractivity contribution in [3.8, 4) is 11.3 Å². The van der Waals surface area contributed by atoms with Crippen LogP contribution in [0.4, 0.5) is 0 Å². The average Bonchev–Trinajstić information content (AvgIpc) is 2.74. The molecule has 0 spiro atoms. The Morgan fingerprint density at radius 3 is 1.81 bits per heavy atom. The highest BCUT2D eigenvalue weighted by atomic mass is 14.7. The van der Waals surface area contributed by atoms with Crippen LogP contribution in [0.15, 0.2) is 66.9 Å². The van der Waals surface area contributed by atoms with Crippen molar-refractivity contribution >= 4 is 0 Å². The zero-order chi connectivity index (χ0) is 18.9. The molecule has 3 rings (SSSR count). The molecule has 0 atom stereocenters.